The molecule has 0 radical (unpaired) electrons. The molecule has 0 aliphatic rings. The molecular weight excluding hydrogens is 347 g/mol. The number of hydrogen-bond donors (Lipinski definition) is 3. The number of fused-ring (bicyclic) bond motifs is 1. The van der Waals surface area contributed by atoms with Gasteiger partial charge in [-0.3, -0.25) is 5.41 Å². The van der Waals surface area contributed by atoms with Gasteiger partial charge in [0.2, 0.25) is 0 Å². The van der Waals surface area contributed by atoms with E-state index in [9.17, 15) is 0 Å². The van der Waals surface area contributed by atoms with Crippen molar-refractivity contribution in [3.05, 3.63) is 64.0 Å². The molecule has 0 aliphatic heterocycles. The first-order chi connectivity index (χ1) is 11.6. The third-order valence-corrected chi connectivity index (χ3v) is 4.47. The summed E-state index contributed by atoms with van der Waals surface area (Å²) < 4.78 is 1.82. The van der Waals surface area contributed by atoms with Gasteiger partial charge in [0.15, 0.2) is 17.0 Å². The van der Waals surface area contributed by atoms with Gasteiger partial charge in [-0.2, -0.15) is 0 Å². The third-order valence-electron chi connectivity index (χ3n) is 3.76. The van der Waals surface area contributed by atoms with E-state index in [2.05, 4.69) is 19.9 Å². The molecule has 3 heterocycles. The number of benzene rings is 1. The Balaban J connectivity index is 1.87. The normalized spacial score (nSPS) is 11.2. The second-order valence-corrected chi connectivity index (χ2v) is 6.10. The lowest BCUT2D eigenvalue weighted by molar-refractivity contribution is 0.784. The van der Waals surface area contributed by atoms with Gasteiger partial charge in [0, 0.05) is 21.8 Å². The number of aromatic amines is 2. The van der Waals surface area contributed by atoms with Gasteiger partial charge < -0.3 is 14.5 Å². The van der Waals surface area contributed by atoms with E-state index < -0.39 is 0 Å². The van der Waals surface area contributed by atoms with Gasteiger partial charge in [0.1, 0.15) is 5.52 Å². The minimum absolute atomic E-state index is 0.136. The monoisotopic (exact) mass is 358 g/mol. The SMILES string of the molecule is N=c1ncn(Cc2c(Cl)cccc2Cl)c2nc(-c3ccc[nH]3)[nH]c12. The van der Waals surface area contributed by atoms with Gasteiger partial charge in [-0.15, -0.1) is 0 Å². The van der Waals surface area contributed by atoms with Crippen molar-refractivity contribution < 1.29 is 0 Å². The van der Waals surface area contributed by atoms with E-state index in [1.807, 2.05) is 22.9 Å². The lowest BCUT2D eigenvalue weighted by Gasteiger charge is -2.10. The van der Waals surface area contributed by atoms with E-state index in [1.165, 1.54) is 0 Å². The lowest BCUT2D eigenvalue weighted by Crippen LogP contribution is -2.13. The number of aromatic nitrogens is 5. The Hall–Kier alpha value is -2.57. The Morgan fingerprint density at radius 3 is 2.62 bits per heavy atom. The molecule has 0 amide bonds. The van der Waals surface area contributed by atoms with Crippen molar-refractivity contribution in [2.45, 2.75) is 6.54 Å². The zero-order valence-corrected chi connectivity index (χ0v) is 13.9. The summed E-state index contributed by atoms with van der Waals surface area (Å²) in [4.78, 5) is 15.0. The van der Waals surface area contributed by atoms with Crippen molar-refractivity contribution in [1.29, 1.82) is 5.41 Å². The summed E-state index contributed by atoms with van der Waals surface area (Å²) in [5, 5.41) is 9.17. The number of nitrogens with one attached hydrogen (secondary N) is 3. The number of halogens is 2. The molecule has 4 rings (SSSR count). The van der Waals surface area contributed by atoms with Gasteiger partial charge in [-0.05, 0) is 24.3 Å². The van der Waals surface area contributed by atoms with Gasteiger partial charge in [-0.25, -0.2) is 9.97 Å². The zero-order valence-electron chi connectivity index (χ0n) is 12.3. The summed E-state index contributed by atoms with van der Waals surface area (Å²) in [7, 11) is 0. The molecule has 120 valence electrons. The fourth-order valence-electron chi connectivity index (χ4n) is 2.56. The quantitative estimate of drug-likeness (QED) is 0.522. The molecule has 4 aromatic rings. The maximum absolute atomic E-state index is 8.01. The van der Waals surface area contributed by atoms with Gasteiger partial charge >= 0.3 is 0 Å². The second-order valence-electron chi connectivity index (χ2n) is 5.29. The number of rotatable bonds is 3. The summed E-state index contributed by atoms with van der Waals surface area (Å²) >= 11 is 12.5. The van der Waals surface area contributed by atoms with Crippen molar-refractivity contribution in [3.63, 3.8) is 0 Å². The molecule has 0 spiro atoms. The molecule has 0 aliphatic carbocycles. The second kappa shape index (κ2) is 5.81. The van der Waals surface area contributed by atoms with Crippen LogP contribution in [-0.4, -0.2) is 24.5 Å². The molecule has 6 nitrogen and oxygen atoms in total. The smallest absolute Gasteiger partial charge is 0.173 e. The predicted octanol–water partition coefficient (Wildman–Crippen LogP) is 3.59. The number of H-pyrrole nitrogens is 2. The average Bonchev–Trinajstić information content (AvgIpc) is 3.22. The van der Waals surface area contributed by atoms with Crippen LogP contribution in [0.4, 0.5) is 0 Å². The number of hydrogen-bond acceptors (Lipinski definition) is 3. The fraction of sp³-hybridized carbons (Fsp3) is 0.0625. The van der Waals surface area contributed by atoms with Crippen molar-refractivity contribution in [2.24, 2.45) is 0 Å². The summed E-state index contributed by atoms with van der Waals surface area (Å²) in [6.45, 7) is 0.414. The Morgan fingerprint density at radius 1 is 1.12 bits per heavy atom. The molecule has 0 unspecified atom stereocenters. The minimum Gasteiger partial charge on any atom is -0.359 e. The Bertz CT molecular complexity index is 1060. The maximum atomic E-state index is 8.01. The van der Waals surface area contributed by atoms with Gasteiger partial charge in [0.05, 0.1) is 18.6 Å². The van der Waals surface area contributed by atoms with E-state index in [0.29, 0.717) is 33.6 Å². The molecule has 0 atom stereocenters. The van der Waals surface area contributed by atoms with E-state index in [4.69, 9.17) is 28.6 Å². The molecule has 8 heteroatoms. The van der Waals surface area contributed by atoms with E-state index in [0.717, 1.165) is 11.3 Å². The van der Waals surface area contributed by atoms with Crippen molar-refractivity contribution in [3.8, 4) is 11.5 Å². The molecule has 0 saturated heterocycles. The molecule has 0 saturated carbocycles. The highest BCUT2D eigenvalue weighted by molar-refractivity contribution is 6.36. The molecule has 0 bridgehead atoms. The summed E-state index contributed by atoms with van der Waals surface area (Å²) in [6, 6.07) is 9.19. The van der Waals surface area contributed by atoms with E-state index >= 15 is 0 Å². The average molecular weight is 359 g/mol. The number of nitrogens with zero attached hydrogens (tertiary/aromatic N) is 3. The first-order valence-corrected chi connectivity index (χ1v) is 7.95. The zero-order chi connectivity index (χ0) is 16.7. The fourth-order valence-corrected chi connectivity index (χ4v) is 3.08. The van der Waals surface area contributed by atoms with E-state index in [-0.39, 0.29) is 5.49 Å². The van der Waals surface area contributed by atoms with Crippen LogP contribution in [-0.2, 0) is 6.54 Å². The largest absolute Gasteiger partial charge is 0.359 e. The summed E-state index contributed by atoms with van der Waals surface area (Å²) in [5.74, 6) is 0.649. The molecule has 24 heavy (non-hydrogen) atoms. The maximum Gasteiger partial charge on any atom is 0.173 e. The highest BCUT2D eigenvalue weighted by Gasteiger charge is 2.13. The van der Waals surface area contributed by atoms with Crippen LogP contribution >= 0.6 is 23.2 Å². The van der Waals surface area contributed by atoms with Gasteiger partial charge in [-0.1, -0.05) is 29.3 Å². The molecule has 3 aromatic heterocycles. The summed E-state index contributed by atoms with van der Waals surface area (Å²) in [6.07, 6.45) is 3.39. The molecule has 0 fully saturated rings. The predicted molar refractivity (Wildman–Crippen MR) is 93.1 cm³/mol. The third kappa shape index (κ3) is 2.50. The van der Waals surface area contributed by atoms with Crippen LogP contribution in [0, 0.1) is 5.41 Å². The van der Waals surface area contributed by atoms with Crippen LogP contribution in [0.1, 0.15) is 5.56 Å². The standard InChI is InChI=1S/C16H12Cl2N6/c17-10-3-1-4-11(18)9(10)7-24-8-21-14(19)13-16(24)23-15(22-13)12-5-2-6-20-12/h1-6,8,19-20H,7H2,(H,22,23). The van der Waals surface area contributed by atoms with Crippen molar-refractivity contribution in [1.82, 2.24) is 24.5 Å². The van der Waals surface area contributed by atoms with Crippen LogP contribution in [0.3, 0.4) is 0 Å². The highest BCUT2D eigenvalue weighted by atomic mass is 35.5. The molecular formula is C16H12Cl2N6. The lowest BCUT2D eigenvalue weighted by atomic mass is 10.2. The molecule has 3 N–H and O–H groups in total. The van der Waals surface area contributed by atoms with Crippen molar-refractivity contribution >= 4 is 34.4 Å². The minimum atomic E-state index is 0.136. The van der Waals surface area contributed by atoms with Crippen LogP contribution in [0.5, 0.6) is 0 Å². The van der Waals surface area contributed by atoms with Gasteiger partial charge in [0.25, 0.3) is 0 Å². The first-order valence-electron chi connectivity index (χ1n) is 7.20. The Kier molecular flexibility index (Phi) is 3.63. The summed E-state index contributed by atoms with van der Waals surface area (Å²) in [5.41, 5.74) is 2.95. The topological polar surface area (TPSA) is 86.1 Å². The van der Waals surface area contributed by atoms with Crippen molar-refractivity contribution in [2.75, 3.05) is 0 Å². The van der Waals surface area contributed by atoms with E-state index in [1.54, 1.807) is 24.5 Å². The molecule has 1 aromatic carbocycles. The van der Waals surface area contributed by atoms with Crippen LogP contribution in [0.25, 0.3) is 22.7 Å². The Morgan fingerprint density at radius 2 is 1.92 bits per heavy atom. The van der Waals surface area contributed by atoms with Crippen LogP contribution < -0.4 is 5.49 Å². The number of imidazole rings is 1. The Labute approximate surface area is 146 Å². The van der Waals surface area contributed by atoms with Crippen LogP contribution in [0.15, 0.2) is 42.9 Å². The first kappa shape index (κ1) is 15.0. The highest BCUT2D eigenvalue weighted by Crippen LogP contribution is 2.26. The van der Waals surface area contributed by atoms with Crippen LogP contribution in [0.2, 0.25) is 10.0 Å².